The van der Waals surface area contributed by atoms with Crippen LogP contribution in [0.5, 0.6) is 0 Å². The van der Waals surface area contributed by atoms with Gasteiger partial charge in [-0.25, -0.2) is 8.42 Å². The van der Waals surface area contributed by atoms with E-state index in [1.165, 1.54) is 0 Å². The molecule has 0 spiro atoms. The summed E-state index contributed by atoms with van der Waals surface area (Å²) in [5.74, 6) is -0.771. The molecule has 5 heteroatoms. The summed E-state index contributed by atoms with van der Waals surface area (Å²) in [6.07, 6.45) is 0.408. The van der Waals surface area contributed by atoms with E-state index in [1.54, 1.807) is 19.1 Å². The summed E-state index contributed by atoms with van der Waals surface area (Å²) in [7, 11) is -3.88. The zero-order chi connectivity index (χ0) is 16.0. The molecule has 116 valence electrons. The Morgan fingerprint density at radius 1 is 1.29 bits per heavy atom. The van der Waals surface area contributed by atoms with Crippen molar-refractivity contribution in [3.63, 3.8) is 0 Å². The molecule has 1 aliphatic carbocycles. The first-order valence-corrected chi connectivity index (χ1v) is 8.65. The van der Waals surface area contributed by atoms with E-state index >= 15 is 0 Å². The standard InChI is InChI=1S/C16H22O4S/c1-10(2)13-8-16(9-13,15(17)18)21(19,20)14-7-11(3)5-6-12(14)4/h5-7,10,13H,8-9H2,1-4H3,(H,17,18). The van der Waals surface area contributed by atoms with Crippen molar-refractivity contribution in [2.45, 2.75) is 50.2 Å². The van der Waals surface area contributed by atoms with Crippen LogP contribution >= 0.6 is 0 Å². The van der Waals surface area contributed by atoms with Gasteiger partial charge >= 0.3 is 5.97 Å². The lowest BCUT2D eigenvalue weighted by atomic mass is 9.69. The fraction of sp³-hybridized carbons (Fsp3) is 0.562. The molecule has 21 heavy (non-hydrogen) atoms. The summed E-state index contributed by atoms with van der Waals surface area (Å²) in [5, 5.41) is 9.56. The molecule has 0 bridgehead atoms. The molecule has 1 aromatic rings. The molecule has 0 aliphatic heterocycles. The van der Waals surface area contributed by atoms with Crippen LogP contribution in [0.3, 0.4) is 0 Å². The Bertz CT molecular complexity index is 668. The number of sulfone groups is 1. The van der Waals surface area contributed by atoms with Gasteiger partial charge < -0.3 is 5.11 Å². The van der Waals surface area contributed by atoms with Gasteiger partial charge in [0.1, 0.15) is 0 Å². The summed E-state index contributed by atoms with van der Waals surface area (Å²) in [5.41, 5.74) is 1.42. The second-order valence-corrected chi connectivity index (χ2v) is 8.71. The summed E-state index contributed by atoms with van der Waals surface area (Å²) in [4.78, 5) is 11.9. The van der Waals surface area contributed by atoms with Crippen molar-refractivity contribution in [2.24, 2.45) is 11.8 Å². The van der Waals surface area contributed by atoms with E-state index in [4.69, 9.17) is 0 Å². The minimum Gasteiger partial charge on any atom is -0.480 e. The van der Waals surface area contributed by atoms with Crippen molar-refractivity contribution < 1.29 is 18.3 Å². The molecule has 1 N–H and O–H groups in total. The number of carboxylic acid groups (broad SMARTS) is 1. The monoisotopic (exact) mass is 310 g/mol. The van der Waals surface area contributed by atoms with Gasteiger partial charge in [-0.1, -0.05) is 26.0 Å². The zero-order valence-corrected chi connectivity index (χ0v) is 13.7. The van der Waals surface area contributed by atoms with Crippen LogP contribution in [0.15, 0.2) is 23.1 Å². The molecule has 1 aliphatic rings. The SMILES string of the molecule is Cc1ccc(C)c(S(=O)(=O)C2(C(=O)O)CC(C(C)C)C2)c1. The number of carbonyl (C=O) groups is 1. The smallest absolute Gasteiger partial charge is 0.325 e. The van der Waals surface area contributed by atoms with Gasteiger partial charge in [0.2, 0.25) is 0 Å². The topological polar surface area (TPSA) is 71.4 Å². The van der Waals surface area contributed by atoms with Crippen LogP contribution in [0, 0.1) is 25.7 Å². The summed E-state index contributed by atoms with van der Waals surface area (Å²) in [6.45, 7) is 7.52. The minimum atomic E-state index is -3.88. The van der Waals surface area contributed by atoms with E-state index in [9.17, 15) is 18.3 Å². The van der Waals surface area contributed by atoms with E-state index in [0.29, 0.717) is 11.5 Å². The van der Waals surface area contributed by atoms with Crippen LogP contribution in [0.2, 0.25) is 0 Å². The molecular formula is C16H22O4S. The third-order valence-corrected chi connectivity index (χ3v) is 7.22. The summed E-state index contributed by atoms with van der Waals surface area (Å²) >= 11 is 0. The normalized spacial score (nSPS) is 25.7. The number of aliphatic carboxylic acids is 1. The Kier molecular flexibility index (Phi) is 3.91. The molecule has 4 nitrogen and oxygen atoms in total. The maximum Gasteiger partial charge on any atom is 0.325 e. The average molecular weight is 310 g/mol. The second kappa shape index (κ2) is 5.13. The molecule has 1 saturated carbocycles. The molecule has 0 saturated heterocycles. The molecule has 0 aromatic heterocycles. The van der Waals surface area contributed by atoms with Gasteiger partial charge in [-0.05, 0) is 55.7 Å². The Hall–Kier alpha value is -1.36. The van der Waals surface area contributed by atoms with Crippen molar-refractivity contribution in [3.05, 3.63) is 29.3 Å². The molecule has 1 fully saturated rings. The number of aryl methyl sites for hydroxylation is 2. The summed E-state index contributed by atoms with van der Waals surface area (Å²) in [6, 6.07) is 5.15. The highest BCUT2D eigenvalue weighted by molar-refractivity contribution is 7.93. The lowest BCUT2D eigenvalue weighted by Gasteiger charge is -2.45. The van der Waals surface area contributed by atoms with E-state index in [-0.39, 0.29) is 23.7 Å². The molecule has 0 atom stereocenters. The lowest BCUT2D eigenvalue weighted by molar-refractivity contribution is -0.144. The fourth-order valence-corrected chi connectivity index (χ4v) is 5.33. The zero-order valence-electron chi connectivity index (χ0n) is 12.9. The van der Waals surface area contributed by atoms with Gasteiger partial charge in [-0.3, -0.25) is 4.79 Å². The van der Waals surface area contributed by atoms with Crippen molar-refractivity contribution in [1.82, 2.24) is 0 Å². The van der Waals surface area contributed by atoms with Gasteiger partial charge in [-0.15, -0.1) is 0 Å². The third-order valence-electron chi connectivity index (χ3n) is 4.66. The molecule has 0 unspecified atom stereocenters. The number of carboxylic acids is 1. The van der Waals surface area contributed by atoms with Crippen LogP contribution in [-0.2, 0) is 14.6 Å². The average Bonchev–Trinajstić information content (AvgIpc) is 2.29. The highest BCUT2D eigenvalue weighted by Crippen LogP contribution is 2.50. The molecule has 0 radical (unpaired) electrons. The maximum atomic E-state index is 12.9. The van der Waals surface area contributed by atoms with Crippen LogP contribution in [0.1, 0.15) is 37.8 Å². The highest BCUT2D eigenvalue weighted by Gasteiger charge is 2.61. The fourth-order valence-electron chi connectivity index (χ4n) is 2.97. The van der Waals surface area contributed by atoms with Crippen LogP contribution < -0.4 is 0 Å². The number of rotatable bonds is 4. The lowest BCUT2D eigenvalue weighted by Crippen LogP contribution is -2.57. The first-order valence-electron chi connectivity index (χ1n) is 7.17. The number of hydrogen-bond donors (Lipinski definition) is 1. The van der Waals surface area contributed by atoms with E-state index in [1.807, 2.05) is 26.8 Å². The first kappa shape index (κ1) is 16.0. The quantitative estimate of drug-likeness (QED) is 0.928. The second-order valence-electron chi connectivity index (χ2n) is 6.48. The predicted octanol–water partition coefficient (Wildman–Crippen LogP) is 2.97. The van der Waals surface area contributed by atoms with Crippen molar-refractivity contribution >= 4 is 15.8 Å². The molecule has 0 heterocycles. The number of benzene rings is 1. The third kappa shape index (κ3) is 2.37. The Morgan fingerprint density at radius 2 is 1.86 bits per heavy atom. The predicted molar refractivity (Wildman–Crippen MR) is 81.0 cm³/mol. The molecule has 1 aromatic carbocycles. The first-order chi connectivity index (χ1) is 9.61. The van der Waals surface area contributed by atoms with Gasteiger partial charge in [0, 0.05) is 0 Å². The summed E-state index contributed by atoms with van der Waals surface area (Å²) < 4.78 is 24.2. The van der Waals surface area contributed by atoms with Gasteiger partial charge in [0.25, 0.3) is 0 Å². The van der Waals surface area contributed by atoms with Gasteiger partial charge in [0.15, 0.2) is 14.6 Å². The molecule has 2 rings (SSSR count). The van der Waals surface area contributed by atoms with Crippen molar-refractivity contribution in [3.8, 4) is 0 Å². The molecule has 0 amide bonds. The van der Waals surface area contributed by atoms with E-state index < -0.39 is 20.6 Å². The van der Waals surface area contributed by atoms with Crippen LogP contribution in [0.4, 0.5) is 0 Å². The van der Waals surface area contributed by atoms with Gasteiger partial charge in [-0.2, -0.15) is 0 Å². The van der Waals surface area contributed by atoms with Crippen LogP contribution in [-0.4, -0.2) is 24.2 Å². The Balaban J connectivity index is 2.51. The Morgan fingerprint density at radius 3 is 2.33 bits per heavy atom. The van der Waals surface area contributed by atoms with Crippen molar-refractivity contribution in [2.75, 3.05) is 0 Å². The highest BCUT2D eigenvalue weighted by atomic mass is 32.2. The van der Waals surface area contributed by atoms with Gasteiger partial charge in [0.05, 0.1) is 4.90 Å². The largest absolute Gasteiger partial charge is 0.480 e. The maximum absolute atomic E-state index is 12.9. The van der Waals surface area contributed by atoms with E-state index in [2.05, 4.69) is 0 Å². The Labute approximate surface area is 126 Å². The van der Waals surface area contributed by atoms with Crippen molar-refractivity contribution in [1.29, 1.82) is 0 Å². The van der Waals surface area contributed by atoms with Crippen LogP contribution in [0.25, 0.3) is 0 Å². The minimum absolute atomic E-state index is 0.154. The van der Waals surface area contributed by atoms with E-state index in [0.717, 1.165) is 5.56 Å². The number of hydrogen-bond acceptors (Lipinski definition) is 3. The molecular weight excluding hydrogens is 288 g/mol.